The summed E-state index contributed by atoms with van der Waals surface area (Å²) in [6.45, 7) is 4.03. The van der Waals surface area contributed by atoms with Crippen LogP contribution in [0.5, 0.6) is 0 Å². The predicted molar refractivity (Wildman–Crippen MR) is 119 cm³/mol. The molecule has 0 aliphatic heterocycles. The molecule has 1 N–H and O–H groups in total. The first-order valence-electron chi connectivity index (χ1n) is 9.76. The fourth-order valence-electron chi connectivity index (χ4n) is 3.24. The lowest BCUT2D eigenvalue weighted by Gasteiger charge is -2.20. The number of carbonyl (C=O) groups excluding carboxylic acids is 1. The number of aromatic nitrogens is 1. The highest BCUT2D eigenvalue weighted by atomic mass is 32.2. The maximum Gasteiger partial charge on any atom is 0.232 e. The van der Waals surface area contributed by atoms with Crippen LogP contribution < -0.4 is 5.32 Å². The monoisotopic (exact) mass is 438 g/mol. The van der Waals surface area contributed by atoms with Crippen LogP contribution in [0.1, 0.15) is 56.2 Å². The smallest absolute Gasteiger partial charge is 0.232 e. The number of aryl methyl sites for hydroxylation is 1. The van der Waals surface area contributed by atoms with Crippen LogP contribution in [-0.4, -0.2) is 23.4 Å². The van der Waals surface area contributed by atoms with Crippen LogP contribution in [0.2, 0.25) is 0 Å². The normalized spacial score (nSPS) is 12.1. The van der Waals surface area contributed by atoms with Crippen molar-refractivity contribution >= 4 is 35.1 Å². The molecule has 0 fully saturated rings. The average Bonchev–Trinajstić information content (AvgIpc) is 2.69. The van der Waals surface area contributed by atoms with Crippen molar-refractivity contribution in [3.05, 3.63) is 47.2 Å². The molecule has 158 valence electrons. The minimum atomic E-state index is -0.683. The maximum atomic E-state index is 14.5. The molecule has 1 aromatic heterocycles. The minimum Gasteiger partial charge on any atom is -0.322 e. The fourth-order valence-corrected chi connectivity index (χ4v) is 4.54. The van der Waals surface area contributed by atoms with Crippen molar-refractivity contribution in [2.75, 3.05) is 17.8 Å². The summed E-state index contributed by atoms with van der Waals surface area (Å²) in [5.41, 5.74) is 1.76. The van der Waals surface area contributed by atoms with Crippen LogP contribution in [0.15, 0.2) is 34.2 Å². The number of amides is 1. The Bertz CT molecular complexity index is 821. The van der Waals surface area contributed by atoms with Crippen molar-refractivity contribution in [3.8, 4) is 0 Å². The first-order chi connectivity index (χ1) is 13.9. The molecular formula is C22H28F2N2OS2. The van der Waals surface area contributed by atoms with E-state index in [0.717, 1.165) is 47.4 Å². The Hall–Kier alpha value is -1.60. The topological polar surface area (TPSA) is 42.0 Å². The molecule has 0 radical (unpaired) electrons. The quantitative estimate of drug-likeness (QED) is 0.327. The minimum absolute atomic E-state index is 0.233. The van der Waals surface area contributed by atoms with E-state index in [1.54, 1.807) is 0 Å². The van der Waals surface area contributed by atoms with Gasteiger partial charge in [-0.3, -0.25) is 4.79 Å². The van der Waals surface area contributed by atoms with Crippen LogP contribution in [0.25, 0.3) is 0 Å². The van der Waals surface area contributed by atoms with E-state index >= 15 is 0 Å². The highest BCUT2D eigenvalue weighted by molar-refractivity contribution is 7.99. The van der Waals surface area contributed by atoms with Gasteiger partial charge in [0.25, 0.3) is 0 Å². The van der Waals surface area contributed by atoms with Gasteiger partial charge in [-0.05, 0) is 38.0 Å². The maximum absolute atomic E-state index is 14.5. The molecule has 0 bridgehead atoms. The number of pyridine rings is 1. The predicted octanol–water partition coefficient (Wildman–Crippen LogP) is 6.80. The van der Waals surface area contributed by atoms with E-state index < -0.39 is 17.6 Å². The zero-order valence-electron chi connectivity index (χ0n) is 17.4. The second-order valence-electron chi connectivity index (χ2n) is 6.91. The van der Waals surface area contributed by atoms with E-state index in [2.05, 4.69) is 17.2 Å². The van der Waals surface area contributed by atoms with E-state index in [9.17, 15) is 13.6 Å². The standard InChI is InChI=1S/C22H28F2N2OS2/c1-5-6-7-8-9-17(16-11-10-15(23)13-18(16)24)21(27)26-20-19(28-3)12-14(2)25-22(20)29-4/h10-13,17H,5-9H2,1-4H3,(H,26,27). The summed E-state index contributed by atoms with van der Waals surface area (Å²) in [6, 6.07) is 5.36. The molecule has 7 heteroatoms. The highest BCUT2D eigenvalue weighted by Crippen LogP contribution is 2.35. The van der Waals surface area contributed by atoms with Gasteiger partial charge in [0, 0.05) is 22.2 Å². The molecule has 1 amide bonds. The first-order valence-corrected chi connectivity index (χ1v) is 12.2. The van der Waals surface area contributed by atoms with Gasteiger partial charge in [0.1, 0.15) is 16.7 Å². The zero-order chi connectivity index (χ0) is 21.4. The molecule has 3 nitrogen and oxygen atoms in total. The second kappa shape index (κ2) is 11.6. The molecule has 0 aliphatic rings. The molecule has 1 unspecified atom stereocenters. The van der Waals surface area contributed by atoms with Crippen LogP contribution >= 0.6 is 23.5 Å². The molecule has 29 heavy (non-hydrogen) atoms. The largest absolute Gasteiger partial charge is 0.322 e. The molecule has 2 aromatic rings. The molecule has 0 aliphatic carbocycles. The third kappa shape index (κ3) is 6.44. The summed E-state index contributed by atoms with van der Waals surface area (Å²) in [5, 5.41) is 3.71. The molecule has 1 atom stereocenters. The summed E-state index contributed by atoms with van der Waals surface area (Å²) in [6.07, 6.45) is 8.28. The van der Waals surface area contributed by atoms with Gasteiger partial charge in [-0.2, -0.15) is 0 Å². The van der Waals surface area contributed by atoms with E-state index in [-0.39, 0.29) is 11.5 Å². The Balaban J connectivity index is 2.34. The number of unbranched alkanes of at least 4 members (excludes halogenated alkanes) is 3. The van der Waals surface area contributed by atoms with Crippen LogP contribution in [0, 0.1) is 18.6 Å². The van der Waals surface area contributed by atoms with Gasteiger partial charge in [0.2, 0.25) is 5.91 Å². The average molecular weight is 439 g/mol. The van der Waals surface area contributed by atoms with Gasteiger partial charge in [-0.1, -0.05) is 38.7 Å². The third-order valence-electron chi connectivity index (χ3n) is 4.74. The fraction of sp³-hybridized carbons (Fsp3) is 0.455. The number of anilines is 1. The second-order valence-corrected chi connectivity index (χ2v) is 8.55. The molecule has 1 aromatic carbocycles. The Morgan fingerprint density at radius 2 is 1.90 bits per heavy atom. The van der Waals surface area contributed by atoms with Crippen molar-refractivity contribution in [2.24, 2.45) is 0 Å². The van der Waals surface area contributed by atoms with E-state index in [0.29, 0.717) is 12.1 Å². The number of nitrogens with zero attached hydrogens (tertiary/aromatic N) is 1. The van der Waals surface area contributed by atoms with Crippen molar-refractivity contribution < 1.29 is 13.6 Å². The molecule has 0 saturated carbocycles. The van der Waals surface area contributed by atoms with Gasteiger partial charge < -0.3 is 5.32 Å². The Labute approximate surface area is 180 Å². The number of thioether (sulfide) groups is 2. The number of hydrogen-bond donors (Lipinski definition) is 1. The lowest BCUT2D eigenvalue weighted by molar-refractivity contribution is -0.117. The number of halogens is 2. The number of rotatable bonds is 10. The zero-order valence-corrected chi connectivity index (χ0v) is 19.0. The molecular weight excluding hydrogens is 410 g/mol. The van der Waals surface area contributed by atoms with Crippen molar-refractivity contribution in [1.29, 1.82) is 0 Å². The molecule has 0 spiro atoms. The van der Waals surface area contributed by atoms with Crippen molar-refractivity contribution in [3.63, 3.8) is 0 Å². The van der Waals surface area contributed by atoms with Crippen LogP contribution in [0.3, 0.4) is 0 Å². The van der Waals surface area contributed by atoms with Gasteiger partial charge >= 0.3 is 0 Å². The third-order valence-corrected chi connectivity index (χ3v) is 6.18. The van der Waals surface area contributed by atoms with Gasteiger partial charge in [-0.15, -0.1) is 23.5 Å². The van der Waals surface area contributed by atoms with Crippen molar-refractivity contribution in [2.45, 2.75) is 61.8 Å². The number of nitrogens with one attached hydrogen (secondary N) is 1. The molecule has 2 rings (SSSR count). The molecule has 1 heterocycles. The summed E-state index contributed by atoms with van der Waals surface area (Å²) >= 11 is 2.98. The van der Waals surface area contributed by atoms with E-state index in [1.807, 2.05) is 25.5 Å². The SMILES string of the molecule is CCCCCCC(C(=O)Nc1c(SC)cc(C)nc1SC)c1ccc(F)cc1F. The summed E-state index contributed by atoms with van der Waals surface area (Å²) in [4.78, 5) is 18.6. The molecule has 0 saturated heterocycles. The Morgan fingerprint density at radius 1 is 1.14 bits per heavy atom. The lowest BCUT2D eigenvalue weighted by Crippen LogP contribution is -2.23. The first kappa shape index (κ1) is 23.7. The lowest BCUT2D eigenvalue weighted by atomic mass is 9.91. The highest BCUT2D eigenvalue weighted by Gasteiger charge is 2.25. The summed E-state index contributed by atoms with van der Waals surface area (Å²) in [5.74, 6) is -2.30. The van der Waals surface area contributed by atoms with Gasteiger partial charge in [0.05, 0.1) is 11.6 Å². The van der Waals surface area contributed by atoms with Gasteiger partial charge in [0.15, 0.2) is 0 Å². The van der Waals surface area contributed by atoms with E-state index in [1.165, 1.54) is 35.7 Å². The number of carbonyl (C=O) groups is 1. The van der Waals surface area contributed by atoms with Crippen LogP contribution in [0.4, 0.5) is 14.5 Å². The van der Waals surface area contributed by atoms with Crippen molar-refractivity contribution in [1.82, 2.24) is 4.98 Å². The van der Waals surface area contributed by atoms with Gasteiger partial charge in [-0.25, -0.2) is 13.8 Å². The van der Waals surface area contributed by atoms with E-state index in [4.69, 9.17) is 0 Å². The summed E-state index contributed by atoms with van der Waals surface area (Å²) < 4.78 is 27.9. The number of benzene rings is 1. The Morgan fingerprint density at radius 3 is 2.52 bits per heavy atom. The number of hydrogen-bond acceptors (Lipinski definition) is 4. The summed E-state index contributed by atoms with van der Waals surface area (Å²) in [7, 11) is 0. The van der Waals surface area contributed by atoms with Crippen LogP contribution in [-0.2, 0) is 4.79 Å². The Kier molecular flexibility index (Phi) is 9.43.